The van der Waals surface area contributed by atoms with Gasteiger partial charge in [0.25, 0.3) is 5.91 Å². The maximum atomic E-state index is 12.2. The van der Waals surface area contributed by atoms with E-state index in [1.807, 2.05) is 36.1 Å². The van der Waals surface area contributed by atoms with E-state index in [9.17, 15) is 9.59 Å². The minimum absolute atomic E-state index is 0.00995. The number of hydrogen-bond acceptors (Lipinski definition) is 3. The summed E-state index contributed by atoms with van der Waals surface area (Å²) in [6.45, 7) is 4.61. The third-order valence-electron chi connectivity index (χ3n) is 4.12. The van der Waals surface area contributed by atoms with Crippen LogP contribution in [0.5, 0.6) is 0 Å². The topological polar surface area (TPSA) is 52.7 Å². The molecule has 1 N–H and O–H groups in total. The SMILES string of the molecule is CCN(Cc1ccc(C(=O)N(C)C)cc1)C(=O)CNCC1CC1. The molecule has 0 atom stereocenters. The standard InChI is InChI=1S/C18H27N3O2/c1-4-21(17(22)12-19-11-14-5-6-14)13-15-7-9-16(10-8-15)18(23)20(2)3/h7-10,14,19H,4-6,11-13H2,1-3H3. The Hall–Kier alpha value is -1.88. The second-order valence-corrected chi connectivity index (χ2v) is 6.38. The zero-order valence-electron chi connectivity index (χ0n) is 14.3. The highest BCUT2D eigenvalue weighted by Gasteiger charge is 2.21. The van der Waals surface area contributed by atoms with Gasteiger partial charge in [-0.15, -0.1) is 0 Å². The van der Waals surface area contributed by atoms with Gasteiger partial charge in [0, 0.05) is 32.7 Å². The molecule has 0 bridgehead atoms. The van der Waals surface area contributed by atoms with Crippen LogP contribution in [-0.4, -0.2) is 55.3 Å². The van der Waals surface area contributed by atoms with Crippen LogP contribution in [0, 0.1) is 5.92 Å². The molecule has 2 rings (SSSR count). The zero-order chi connectivity index (χ0) is 16.8. The van der Waals surface area contributed by atoms with Gasteiger partial charge in [0.15, 0.2) is 0 Å². The lowest BCUT2D eigenvalue weighted by Crippen LogP contribution is -2.38. The molecule has 5 nitrogen and oxygen atoms in total. The van der Waals surface area contributed by atoms with E-state index in [2.05, 4.69) is 5.32 Å². The molecule has 2 amide bonds. The Morgan fingerprint density at radius 3 is 2.35 bits per heavy atom. The first-order valence-corrected chi connectivity index (χ1v) is 8.30. The Bertz CT molecular complexity index is 536. The van der Waals surface area contributed by atoms with E-state index in [0.29, 0.717) is 25.2 Å². The van der Waals surface area contributed by atoms with Crippen LogP contribution in [-0.2, 0) is 11.3 Å². The summed E-state index contributed by atoms with van der Waals surface area (Å²) in [6.07, 6.45) is 2.58. The van der Waals surface area contributed by atoms with Gasteiger partial charge >= 0.3 is 0 Å². The summed E-state index contributed by atoms with van der Waals surface area (Å²) in [4.78, 5) is 27.5. The first kappa shape index (κ1) is 17.5. The lowest BCUT2D eigenvalue weighted by Gasteiger charge is -2.21. The van der Waals surface area contributed by atoms with Gasteiger partial charge in [-0.3, -0.25) is 9.59 Å². The lowest BCUT2D eigenvalue weighted by molar-refractivity contribution is -0.130. The predicted octanol–water partition coefficient (Wildman–Crippen LogP) is 1.74. The third kappa shape index (κ3) is 5.36. The average Bonchev–Trinajstić information content (AvgIpc) is 3.36. The molecule has 0 heterocycles. The van der Waals surface area contributed by atoms with Gasteiger partial charge in [-0.05, 0) is 49.9 Å². The number of amides is 2. The van der Waals surface area contributed by atoms with E-state index < -0.39 is 0 Å². The van der Waals surface area contributed by atoms with Crippen LogP contribution in [0.25, 0.3) is 0 Å². The Morgan fingerprint density at radius 1 is 1.17 bits per heavy atom. The normalized spacial score (nSPS) is 13.7. The molecular formula is C18H27N3O2. The van der Waals surface area contributed by atoms with Crippen LogP contribution in [0.4, 0.5) is 0 Å². The van der Waals surface area contributed by atoms with Crippen molar-refractivity contribution in [2.24, 2.45) is 5.92 Å². The fourth-order valence-electron chi connectivity index (χ4n) is 2.42. The highest BCUT2D eigenvalue weighted by molar-refractivity contribution is 5.93. The largest absolute Gasteiger partial charge is 0.345 e. The first-order chi connectivity index (χ1) is 11.0. The van der Waals surface area contributed by atoms with E-state index in [1.165, 1.54) is 12.8 Å². The molecule has 0 aliphatic heterocycles. The van der Waals surface area contributed by atoms with Crippen LogP contribution in [0.3, 0.4) is 0 Å². The smallest absolute Gasteiger partial charge is 0.253 e. The van der Waals surface area contributed by atoms with Crippen molar-refractivity contribution in [1.29, 1.82) is 0 Å². The van der Waals surface area contributed by atoms with Crippen LogP contribution in [0.1, 0.15) is 35.7 Å². The zero-order valence-corrected chi connectivity index (χ0v) is 14.3. The number of carbonyl (C=O) groups is 2. The molecule has 0 spiro atoms. The van der Waals surface area contributed by atoms with Gasteiger partial charge in [-0.2, -0.15) is 0 Å². The molecule has 126 valence electrons. The van der Waals surface area contributed by atoms with Gasteiger partial charge in [-0.1, -0.05) is 12.1 Å². The quantitative estimate of drug-likeness (QED) is 0.794. The molecular weight excluding hydrogens is 290 g/mol. The Labute approximate surface area is 138 Å². The van der Waals surface area contributed by atoms with Crippen molar-refractivity contribution in [3.8, 4) is 0 Å². The van der Waals surface area contributed by atoms with Crippen molar-refractivity contribution in [3.63, 3.8) is 0 Å². The van der Waals surface area contributed by atoms with Crippen molar-refractivity contribution >= 4 is 11.8 Å². The second-order valence-electron chi connectivity index (χ2n) is 6.38. The van der Waals surface area contributed by atoms with Crippen molar-refractivity contribution in [3.05, 3.63) is 35.4 Å². The van der Waals surface area contributed by atoms with Crippen molar-refractivity contribution in [2.75, 3.05) is 33.7 Å². The summed E-state index contributed by atoms with van der Waals surface area (Å²) in [5.41, 5.74) is 1.71. The van der Waals surface area contributed by atoms with Crippen molar-refractivity contribution in [1.82, 2.24) is 15.1 Å². The minimum Gasteiger partial charge on any atom is -0.345 e. The van der Waals surface area contributed by atoms with E-state index in [1.54, 1.807) is 19.0 Å². The molecule has 1 fully saturated rings. The number of nitrogens with zero attached hydrogens (tertiary/aromatic N) is 2. The van der Waals surface area contributed by atoms with E-state index >= 15 is 0 Å². The Morgan fingerprint density at radius 2 is 1.83 bits per heavy atom. The number of likely N-dealkylation sites (N-methyl/N-ethyl adjacent to an activating group) is 1. The summed E-state index contributed by atoms with van der Waals surface area (Å²) < 4.78 is 0. The average molecular weight is 317 g/mol. The molecule has 1 aromatic carbocycles. The minimum atomic E-state index is -0.00995. The van der Waals surface area contributed by atoms with Crippen LogP contribution in [0.15, 0.2) is 24.3 Å². The number of hydrogen-bond donors (Lipinski definition) is 1. The second kappa shape index (κ2) is 8.11. The Kier molecular flexibility index (Phi) is 6.16. The maximum absolute atomic E-state index is 12.2. The van der Waals surface area contributed by atoms with Gasteiger partial charge in [0.05, 0.1) is 6.54 Å². The highest BCUT2D eigenvalue weighted by atomic mass is 16.2. The third-order valence-corrected chi connectivity index (χ3v) is 4.12. The molecule has 0 radical (unpaired) electrons. The van der Waals surface area contributed by atoms with Gasteiger partial charge in [-0.25, -0.2) is 0 Å². The maximum Gasteiger partial charge on any atom is 0.253 e. The molecule has 0 aromatic heterocycles. The Balaban J connectivity index is 1.87. The molecule has 1 aliphatic carbocycles. The highest BCUT2D eigenvalue weighted by Crippen LogP contribution is 2.27. The number of nitrogens with one attached hydrogen (secondary N) is 1. The molecule has 1 aliphatic rings. The molecule has 5 heteroatoms. The van der Waals surface area contributed by atoms with E-state index in [0.717, 1.165) is 18.0 Å². The van der Waals surface area contributed by atoms with Crippen LogP contribution >= 0.6 is 0 Å². The fourth-order valence-corrected chi connectivity index (χ4v) is 2.42. The summed E-state index contributed by atoms with van der Waals surface area (Å²) in [7, 11) is 3.48. The number of benzene rings is 1. The van der Waals surface area contributed by atoms with Crippen molar-refractivity contribution in [2.45, 2.75) is 26.3 Å². The summed E-state index contributed by atoms with van der Waals surface area (Å²) in [5.74, 6) is 0.894. The lowest BCUT2D eigenvalue weighted by atomic mass is 10.1. The summed E-state index contributed by atoms with van der Waals surface area (Å²) >= 11 is 0. The molecule has 1 aromatic rings. The molecule has 1 saturated carbocycles. The van der Waals surface area contributed by atoms with Gasteiger partial charge in [0.1, 0.15) is 0 Å². The van der Waals surface area contributed by atoms with Gasteiger partial charge in [0.2, 0.25) is 5.91 Å². The first-order valence-electron chi connectivity index (χ1n) is 8.30. The monoisotopic (exact) mass is 317 g/mol. The molecule has 0 unspecified atom stereocenters. The van der Waals surface area contributed by atoms with E-state index in [-0.39, 0.29) is 11.8 Å². The van der Waals surface area contributed by atoms with Gasteiger partial charge < -0.3 is 15.1 Å². The fraction of sp³-hybridized carbons (Fsp3) is 0.556. The van der Waals surface area contributed by atoms with Crippen LogP contribution in [0.2, 0.25) is 0 Å². The number of carbonyl (C=O) groups excluding carboxylic acids is 2. The van der Waals surface area contributed by atoms with E-state index in [4.69, 9.17) is 0 Å². The summed E-state index contributed by atoms with van der Waals surface area (Å²) in [5, 5.41) is 3.24. The molecule has 23 heavy (non-hydrogen) atoms. The summed E-state index contributed by atoms with van der Waals surface area (Å²) in [6, 6.07) is 7.48. The number of rotatable bonds is 8. The van der Waals surface area contributed by atoms with Crippen LogP contribution < -0.4 is 5.32 Å². The van der Waals surface area contributed by atoms with Crippen molar-refractivity contribution < 1.29 is 9.59 Å². The predicted molar refractivity (Wildman–Crippen MR) is 91.1 cm³/mol. The molecule has 0 saturated heterocycles.